The number of nitrogens with zero attached hydrogens (tertiary/aromatic N) is 2. The van der Waals surface area contributed by atoms with E-state index in [1.54, 1.807) is 23.6 Å². The van der Waals surface area contributed by atoms with Gasteiger partial charge in [-0.25, -0.2) is 4.98 Å². The van der Waals surface area contributed by atoms with Crippen LogP contribution < -0.4 is 5.32 Å². The number of hydrogen-bond donors (Lipinski definition) is 1. The van der Waals surface area contributed by atoms with Crippen molar-refractivity contribution in [1.29, 1.82) is 0 Å². The summed E-state index contributed by atoms with van der Waals surface area (Å²) in [6.45, 7) is 4.54. The monoisotopic (exact) mass is 333 g/mol. The summed E-state index contributed by atoms with van der Waals surface area (Å²) >= 11 is 7.50. The van der Waals surface area contributed by atoms with E-state index in [0.29, 0.717) is 11.6 Å². The molecule has 6 heteroatoms. The fourth-order valence-electron chi connectivity index (χ4n) is 2.34. The standard InChI is InChI=1S/C16H16ClN3OS/c1-3-13-10(2)6-14(22-13)16(21)18-7-12-9-20-8-11(17)4-5-15(20)19-12/h4-6,8-9H,3,7H2,1-2H3,(H,18,21). The Hall–Kier alpha value is -1.85. The van der Waals surface area contributed by atoms with Crippen LogP contribution in [0.5, 0.6) is 0 Å². The molecule has 1 amide bonds. The molecule has 0 aliphatic heterocycles. The topological polar surface area (TPSA) is 46.4 Å². The molecule has 0 aliphatic carbocycles. The lowest BCUT2D eigenvalue weighted by atomic mass is 10.2. The highest BCUT2D eigenvalue weighted by atomic mass is 35.5. The molecule has 0 fully saturated rings. The van der Waals surface area contributed by atoms with Crippen molar-refractivity contribution in [3.05, 3.63) is 56.6 Å². The number of thiophene rings is 1. The summed E-state index contributed by atoms with van der Waals surface area (Å²) in [7, 11) is 0. The van der Waals surface area contributed by atoms with Crippen molar-refractivity contribution in [2.75, 3.05) is 0 Å². The van der Waals surface area contributed by atoms with Crippen LogP contribution >= 0.6 is 22.9 Å². The number of carbonyl (C=O) groups excluding carboxylic acids is 1. The maximum absolute atomic E-state index is 12.2. The largest absolute Gasteiger partial charge is 0.346 e. The van der Waals surface area contributed by atoms with Gasteiger partial charge < -0.3 is 9.72 Å². The number of carbonyl (C=O) groups is 1. The minimum absolute atomic E-state index is 0.0529. The first-order chi connectivity index (χ1) is 10.6. The van der Waals surface area contributed by atoms with Gasteiger partial charge >= 0.3 is 0 Å². The number of rotatable bonds is 4. The Morgan fingerprint density at radius 1 is 1.41 bits per heavy atom. The van der Waals surface area contributed by atoms with Crippen molar-refractivity contribution in [2.45, 2.75) is 26.8 Å². The molecule has 0 spiro atoms. The third kappa shape index (κ3) is 3.00. The Labute approximate surface area is 137 Å². The molecular weight excluding hydrogens is 318 g/mol. The van der Waals surface area contributed by atoms with Crippen LogP contribution in [0.25, 0.3) is 5.65 Å². The number of nitrogens with one attached hydrogen (secondary N) is 1. The molecule has 3 aromatic rings. The molecule has 0 saturated carbocycles. The predicted molar refractivity (Wildman–Crippen MR) is 89.8 cm³/mol. The summed E-state index contributed by atoms with van der Waals surface area (Å²) in [6.07, 6.45) is 4.63. The number of pyridine rings is 1. The summed E-state index contributed by atoms with van der Waals surface area (Å²) < 4.78 is 1.86. The molecule has 0 aromatic carbocycles. The maximum atomic E-state index is 12.2. The van der Waals surface area contributed by atoms with Gasteiger partial charge in [0.05, 0.1) is 22.1 Å². The molecule has 0 unspecified atom stereocenters. The lowest BCUT2D eigenvalue weighted by Crippen LogP contribution is -2.21. The van der Waals surface area contributed by atoms with Gasteiger partial charge in [-0.2, -0.15) is 0 Å². The second kappa shape index (κ2) is 6.10. The van der Waals surface area contributed by atoms with E-state index in [2.05, 4.69) is 17.2 Å². The van der Waals surface area contributed by atoms with E-state index >= 15 is 0 Å². The lowest BCUT2D eigenvalue weighted by Gasteiger charge is -2.00. The number of halogens is 1. The van der Waals surface area contributed by atoms with Crippen LogP contribution in [0.3, 0.4) is 0 Å². The molecule has 0 radical (unpaired) electrons. The Morgan fingerprint density at radius 2 is 2.23 bits per heavy atom. The Morgan fingerprint density at radius 3 is 2.95 bits per heavy atom. The van der Waals surface area contributed by atoms with E-state index in [1.807, 2.05) is 29.7 Å². The molecule has 3 rings (SSSR count). The van der Waals surface area contributed by atoms with Gasteiger partial charge in [-0.15, -0.1) is 11.3 Å². The lowest BCUT2D eigenvalue weighted by molar-refractivity contribution is 0.0954. The minimum Gasteiger partial charge on any atom is -0.346 e. The van der Waals surface area contributed by atoms with E-state index < -0.39 is 0 Å². The average Bonchev–Trinajstić information content (AvgIpc) is 3.07. The minimum atomic E-state index is -0.0529. The molecule has 4 nitrogen and oxygen atoms in total. The van der Waals surface area contributed by atoms with E-state index in [-0.39, 0.29) is 5.91 Å². The number of aromatic nitrogens is 2. The summed E-state index contributed by atoms with van der Waals surface area (Å²) in [5.74, 6) is -0.0529. The van der Waals surface area contributed by atoms with Gasteiger partial charge in [-0.05, 0) is 37.1 Å². The zero-order chi connectivity index (χ0) is 15.7. The SMILES string of the molecule is CCc1sc(C(=O)NCc2cn3cc(Cl)ccc3n2)cc1C. The van der Waals surface area contributed by atoms with Gasteiger partial charge in [0.1, 0.15) is 5.65 Å². The van der Waals surface area contributed by atoms with E-state index in [1.165, 1.54) is 10.4 Å². The van der Waals surface area contributed by atoms with Crippen molar-refractivity contribution in [3.63, 3.8) is 0 Å². The zero-order valence-electron chi connectivity index (χ0n) is 12.4. The van der Waals surface area contributed by atoms with Gasteiger partial charge in [0.15, 0.2) is 0 Å². The van der Waals surface area contributed by atoms with Crippen LogP contribution in [-0.2, 0) is 13.0 Å². The molecule has 114 valence electrons. The smallest absolute Gasteiger partial charge is 0.261 e. The van der Waals surface area contributed by atoms with Crippen LogP contribution in [0.15, 0.2) is 30.6 Å². The third-order valence-corrected chi connectivity index (χ3v) is 5.06. The van der Waals surface area contributed by atoms with Crippen LogP contribution in [0.2, 0.25) is 5.02 Å². The fraction of sp³-hybridized carbons (Fsp3) is 0.250. The second-order valence-corrected chi connectivity index (χ2v) is 6.67. The van der Waals surface area contributed by atoms with E-state index in [0.717, 1.165) is 22.6 Å². The van der Waals surface area contributed by atoms with Crippen molar-refractivity contribution in [2.24, 2.45) is 0 Å². The van der Waals surface area contributed by atoms with Gasteiger partial charge in [-0.1, -0.05) is 18.5 Å². The molecule has 0 atom stereocenters. The van der Waals surface area contributed by atoms with Gasteiger partial charge in [0.25, 0.3) is 5.91 Å². The molecule has 22 heavy (non-hydrogen) atoms. The Bertz CT molecular complexity index is 837. The van der Waals surface area contributed by atoms with Crippen molar-refractivity contribution >= 4 is 34.5 Å². The Balaban J connectivity index is 1.71. The molecule has 3 aromatic heterocycles. The van der Waals surface area contributed by atoms with Crippen molar-refractivity contribution in [3.8, 4) is 0 Å². The Kier molecular flexibility index (Phi) is 4.18. The first kappa shape index (κ1) is 15.1. The molecule has 1 N–H and O–H groups in total. The van der Waals surface area contributed by atoms with E-state index in [9.17, 15) is 4.79 Å². The summed E-state index contributed by atoms with van der Waals surface area (Å²) in [5, 5.41) is 3.57. The fourth-order valence-corrected chi connectivity index (χ4v) is 3.54. The number of amides is 1. The normalized spacial score (nSPS) is 11.0. The quantitative estimate of drug-likeness (QED) is 0.788. The molecule has 0 bridgehead atoms. The number of imidazole rings is 1. The number of hydrogen-bond acceptors (Lipinski definition) is 3. The van der Waals surface area contributed by atoms with Crippen LogP contribution in [0.1, 0.15) is 32.7 Å². The van der Waals surface area contributed by atoms with Gasteiger partial charge in [0, 0.05) is 17.3 Å². The highest BCUT2D eigenvalue weighted by molar-refractivity contribution is 7.14. The van der Waals surface area contributed by atoms with Gasteiger partial charge in [-0.3, -0.25) is 4.79 Å². The van der Waals surface area contributed by atoms with Crippen LogP contribution in [-0.4, -0.2) is 15.3 Å². The molecule has 0 saturated heterocycles. The van der Waals surface area contributed by atoms with Gasteiger partial charge in [0.2, 0.25) is 0 Å². The van der Waals surface area contributed by atoms with Crippen LogP contribution in [0.4, 0.5) is 0 Å². The summed E-state index contributed by atoms with van der Waals surface area (Å²) in [6, 6.07) is 5.60. The number of aryl methyl sites for hydroxylation is 2. The highest BCUT2D eigenvalue weighted by Crippen LogP contribution is 2.22. The molecule has 0 aliphatic rings. The summed E-state index contributed by atoms with van der Waals surface area (Å²) in [5.41, 5.74) is 2.80. The predicted octanol–water partition coefficient (Wildman–Crippen LogP) is 3.85. The average molecular weight is 334 g/mol. The van der Waals surface area contributed by atoms with Crippen molar-refractivity contribution in [1.82, 2.24) is 14.7 Å². The second-order valence-electron chi connectivity index (χ2n) is 5.10. The third-order valence-electron chi connectivity index (χ3n) is 3.46. The summed E-state index contributed by atoms with van der Waals surface area (Å²) in [4.78, 5) is 18.7. The molecular formula is C16H16ClN3OS. The first-order valence-corrected chi connectivity index (χ1v) is 8.27. The van der Waals surface area contributed by atoms with Crippen LogP contribution in [0, 0.1) is 6.92 Å². The zero-order valence-corrected chi connectivity index (χ0v) is 14.0. The molecule has 3 heterocycles. The highest BCUT2D eigenvalue weighted by Gasteiger charge is 2.12. The van der Waals surface area contributed by atoms with Crippen molar-refractivity contribution < 1.29 is 4.79 Å². The maximum Gasteiger partial charge on any atom is 0.261 e. The van der Waals surface area contributed by atoms with E-state index in [4.69, 9.17) is 11.6 Å². The number of fused-ring (bicyclic) bond motifs is 1. The first-order valence-electron chi connectivity index (χ1n) is 7.07.